The fraction of sp³-hybridized carbons (Fsp3) is 0.500. The van der Waals surface area contributed by atoms with Gasteiger partial charge in [0.1, 0.15) is 5.75 Å². The number of aromatic amines is 1. The highest BCUT2D eigenvalue weighted by molar-refractivity contribution is 7.71. The van der Waals surface area contributed by atoms with E-state index in [1.807, 2.05) is 35.8 Å². The van der Waals surface area contributed by atoms with E-state index in [2.05, 4.69) is 10.2 Å². The smallest absolute Gasteiger partial charge is 0.224 e. The zero-order chi connectivity index (χ0) is 18.9. The number of rotatable bonds is 10. The summed E-state index contributed by atoms with van der Waals surface area (Å²) >= 11 is 5.32. The number of amides is 1. The lowest BCUT2D eigenvalue weighted by molar-refractivity contribution is -0.130. The Morgan fingerprint density at radius 3 is 2.73 bits per heavy atom. The summed E-state index contributed by atoms with van der Waals surface area (Å²) in [6.45, 7) is 4.37. The topological polar surface area (TPSA) is 72.4 Å². The van der Waals surface area contributed by atoms with Gasteiger partial charge in [0.25, 0.3) is 0 Å². The Balaban J connectivity index is 2.03. The maximum absolute atomic E-state index is 12.3. The van der Waals surface area contributed by atoms with Crippen molar-refractivity contribution in [2.24, 2.45) is 0 Å². The number of carbonyl (C=O) groups excluding carboxylic acids is 1. The van der Waals surface area contributed by atoms with Crippen molar-refractivity contribution in [2.75, 3.05) is 33.9 Å². The van der Waals surface area contributed by atoms with Crippen LogP contribution in [0, 0.1) is 4.77 Å². The van der Waals surface area contributed by atoms with Crippen LogP contribution in [0.4, 0.5) is 0 Å². The van der Waals surface area contributed by atoms with Gasteiger partial charge in [-0.25, -0.2) is 0 Å². The summed E-state index contributed by atoms with van der Waals surface area (Å²) in [5.74, 6) is 1.60. The minimum atomic E-state index is 0.0712. The van der Waals surface area contributed by atoms with Crippen molar-refractivity contribution in [2.45, 2.75) is 26.3 Å². The normalized spacial score (nSPS) is 10.7. The van der Waals surface area contributed by atoms with Gasteiger partial charge < -0.3 is 14.4 Å². The molecule has 26 heavy (non-hydrogen) atoms. The second kappa shape index (κ2) is 10.1. The van der Waals surface area contributed by atoms with E-state index >= 15 is 0 Å². The van der Waals surface area contributed by atoms with Gasteiger partial charge in [-0.05, 0) is 49.8 Å². The average molecular weight is 378 g/mol. The number of hydrogen-bond acceptors (Lipinski definition) is 5. The minimum Gasteiger partial charge on any atom is -0.494 e. The molecule has 0 bridgehead atoms. The van der Waals surface area contributed by atoms with E-state index in [9.17, 15) is 4.79 Å². The molecule has 0 fully saturated rings. The zero-order valence-electron chi connectivity index (χ0n) is 15.5. The number of H-pyrrole nitrogens is 1. The molecule has 0 spiro atoms. The van der Waals surface area contributed by atoms with Crippen molar-refractivity contribution < 1.29 is 14.3 Å². The Bertz CT molecular complexity index is 755. The van der Waals surface area contributed by atoms with Gasteiger partial charge >= 0.3 is 0 Å². The summed E-state index contributed by atoms with van der Waals surface area (Å²) in [7, 11) is 3.46. The number of methoxy groups -OCH3 is 1. The van der Waals surface area contributed by atoms with E-state index in [1.54, 1.807) is 19.1 Å². The molecular formula is C18H26N4O3S. The van der Waals surface area contributed by atoms with Crippen LogP contribution in [-0.4, -0.2) is 59.5 Å². The van der Waals surface area contributed by atoms with E-state index in [1.165, 1.54) is 0 Å². The van der Waals surface area contributed by atoms with Crippen LogP contribution in [0.25, 0.3) is 11.4 Å². The van der Waals surface area contributed by atoms with Crippen LogP contribution < -0.4 is 4.74 Å². The summed E-state index contributed by atoms with van der Waals surface area (Å²) < 4.78 is 12.8. The van der Waals surface area contributed by atoms with Crippen LogP contribution in [0.15, 0.2) is 24.3 Å². The Kier molecular flexibility index (Phi) is 7.80. The summed E-state index contributed by atoms with van der Waals surface area (Å²) in [6.07, 6.45) is 1.18. The number of aromatic nitrogens is 3. The van der Waals surface area contributed by atoms with E-state index in [-0.39, 0.29) is 5.91 Å². The van der Waals surface area contributed by atoms with Gasteiger partial charge in [-0.1, -0.05) is 0 Å². The van der Waals surface area contributed by atoms with Crippen molar-refractivity contribution >= 4 is 18.1 Å². The molecule has 0 aliphatic rings. The Morgan fingerprint density at radius 1 is 1.35 bits per heavy atom. The van der Waals surface area contributed by atoms with E-state index in [0.717, 1.165) is 17.7 Å². The monoisotopic (exact) mass is 378 g/mol. The summed E-state index contributed by atoms with van der Waals surface area (Å²) in [4.78, 5) is 14.0. The van der Waals surface area contributed by atoms with Gasteiger partial charge in [-0.2, -0.15) is 5.10 Å². The predicted octanol–water partition coefficient (Wildman–Crippen LogP) is 2.89. The molecular weight excluding hydrogens is 352 g/mol. The lowest BCUT2D eigenvalue weighted by Gasteiger charge is -2.17. The average Bonchev–Trinajstić information content (AvgIpc) is 3.01. The third-order valence-electron chi connectivity index (χ3n) is 4.00. The first-order chi connectivity index (χ1) is 12.6. The quantitative estimate of drug-likeness (QED) is 0.508. The molecule has 0 radical (unpaired) electrons. The fourth-order valence-corrected chi connectivity index (χ4v) is 2.80. The standard InChI is InChI=1S/C18H26N4O3S/c1-4-25-15-8-6-14(7-9-15)17-19-20-18(26)22(17)12-10-16(23)21(2)11-5-13-24-3/h6-9H,4-5,10-13H2,1-3H3,(H,20,26). The van der Waals surface area contributed by atoms with Crippen molar-refractivity contribution in [3.63, 3.8) is 0 Å². The van der Waals surface area contributed by atoms with Crippen LogP contribution >= 0.6 is 12.2 Å². The highest BCUT2D eigenvalue weighted by Crippen LogP contribution is 2.21. The molecule has 1 amide bonds. The Morgan fingerprint density at radius 2 is 2.08 bits per heavy atom. The number of hydrogen-bond donors (Lipinski definition) is 1. The molecule has 0 aliphatic heterocycles. The molecule has 0 unspecified atom stereocenters. The second-order valence-electron chi connectivity index (χ2n) is 5.87. The predicted molar refractivity (Wildman–Crippen MR) is 103 cm³/mol. The molecule has 7 nitrogen and oxygen atoms in total. The third kappa shape index (κ3) is 5.40. The zero-order valence-corrected chi connectivity index (χ0v) is 16.3. The largest absolute Gasteiger partial charge is 0.494 e. The number of nitrogens with one attached hydrogen (secondary N) is 1. The van der Waals surface area contributed by atoms with Gasteiger partial charge in [0.2, 0.25) is 5.91 Å². The maximum atomic E-state index is 12.3. The van der Waals surface area contributed by atoms with Gasteiger partial charge in [-0.3, -0.25) is 14.5 Å². The third-order valence-corrected chi connectivity index (χ3v) is 4.31. The van der Waals surface area contributed by atoms with Gasteiger partial charge in [-0.15, -0.1) is 0 Å². The molecule has 0 saturated heterocycles. The van der Waals surface area contributed by atoms with Crippen molar-refractivity contribution in [1.29, 1.82) is 0 Å². The van der Waals surface area contributed by atoms with Crippen LogP contribution in [0.5, 0.6) is 5.75 Å². The molecule has 1 aromatic carbocycles. The lowest BCUT2D eigenvalue weighted by Crippen LogP contribution is -2.29. The lowest BCUT2D eigenvalue weighted by atomic mass is 10.2. The highest BCUT2D eigenvalue weighted by atomic mass is 32.1. The molecule has 2 rings (SSSR count). The maximum Gasteiger partial charge on any atom is 0.224 e. The number of carbonyl (C=O) groups is 1. The summed E-state index contributed by atoms with van der Waals surface area (Å²) in [5.41, 5.74) is 0.918. The molecule has 0 atom stereocenters. The molecule has 1 N–H and O–H groups in total. The summed E-state index contributed by atoms with van der Waals surface area (Å²) in [6, 6.07) is 7.67. The van der Waals surface area contributed by atoms with Crippen LogP contribution in [0.3, 0.4) is 0 Å². The minimum absolute atomic E-state index is 0.0712. The van der Waals surface area contributed by atoms with Gasteiger partial charge in [0.05, 0.1) is 6.61 Å². The Hall–Kier alpha value is -2.19. The first-order valence-electron chi connectivity index (χ1n) is 8.68. The molecule has 142 valence electrons. The number of benzene rings is 1. The van der Waals surface area contributed by atoms with Crippen molar-refractivity contribution in [3.05, 3.63) is 29.0 Å². The Labute approximate surface area is 158 Å². The highest BCUT2D eigenvalue weighted by Gasteiger charge is 2.13. The van der Waals surface area contributed by atoms with Crippen LogP contribution in [0.2, 0.25) is 0 Å². The van der Waals surface area contributed by atoms with Crippen LogP contribution in [0.1, 0.15) is 19.8 Å². The molecule has 1 aromatic heterocycles. The number of nitrogens with zero attached hydrogens (tertiary/aromatic N) is 3. The van der Waals surface area contributed by atoms with Crippen molar-refractivity contribution in [1.82, 2.24) is 19.7 Å². The van der Waals surface area contributed by atoms with E-state index < -0.39 is 0 Å². The first-order valence-corrected chi connectivity index (χ1v) is 9.09. The molecule has 0 aliphatic carbocycles. The molecule has 1 heterocycles. The van der Waals surface area contributed by atoms with Gasteiger partial charge in [0, 0.05) is 45.8 Å². The van der Waals surface area contributed by atoms with Crippen molar-refractivity contribution in [3.8, 4) is 17.1 Å². The molecule has 2 aromatic rings. The SMILES string of the molecule is CCOc1ccc(-c2n[nH]c(=S)n2CCC(=O)N(C)CCCOC)cc1. The number of ether oxygens (including phenoxy) is 2. The van der Waals surface area contributed by atoms with Crippen LogP contribution in [-0.2, 0) is 16.1 Å². The summed E-state index contributed by atoms with van der Waals surface area (Å²) in [5, 5.41) is 7.12. The fourth-order valence-electron chi connectivity index (χ4n) is 2.58. The van der Waals surface area contributed by atoms with E-state index in [4.69, 9.17) is 21.7 Å². The first kappa shape index (κ1) is 20.1. The molecule has 0 saturated carbocycles. The van der Waals surface area contributed by atoms with Gasteiger partial charge in [0.15, 0.2) is 10.6 Å². The molecule has 8 heteroatoms. The van der Waals surface area contributed by atoms with E-state index in [0.29, 0.717) is 43.3 Å². The second-order valence-corrected chi connectivity index (χ2v) is 6.26.